The fraction of sp³-hybridized carbons (Fsp3) is 0.600. The zero-order valence-corrected chi connectivity index (χ0v) is 12.3. The molecule has 0 unspecified atom stereocenters. The van der Waals surface area contributed by atoms with Crippen LogP contribution in [0.25, 0.3) is 11.4 Å². The summed E-state index contributed by atoms with van der Waals surface area (Å²) in [4.78, 5) is 6.87. The van der Waals surface area contributed by atoms with Crippen LogP contribution in [0.5, 0.6) is 0 Å². The van der Waals surface area contributed by atoms with Gasteiger partial charge >= 0.3 is 0 Å². The minimum absolute atomic E-state index is 0.625. The van der Waals surface area contributed by atoms with Crippen molar-refractivity contribution in [1.29, 1.82) is 0 Å². The molecule has 0 saturated carbocycles. The van der Waals surface area contributed by atoms with E-state index < -0.39 is 0 Å². The highest BCUT2D eigenvalue weighted by molar-refractivity contribution is 5.57. The van der Waals surface area contributed by atoms with Gasteiger partial charge in [0.05, 0.1) is 12.1 Å². The minimum Gasteiger partial charge on any atom is -0.466 e. The first-order chi connectivity index (χ1) is 9.61. The Labute approximate surface area is 119 Å². The van der Waals surface area contributed by atoms with Crippen molar-refractivity contribution in [3.8, 4) is 11.4 Å². The lowest BCUT2D eigenvalue weighted by atomic mass is 9.99. The van der Waals surface area contributed by atoms with Gasteiger partial charge in [0.1, 0.15) is 11.5 Å². The third kappa shape index (κ3) is 2.77. The van der Waals surface area contributed by atoms with Gasteiger partial charge < -0.3 is 8.94 Å². The molecular weight excluding hydrogens is 254 g/mol. The van der Waals surface area contributed by atoms with Crippen LogP contribution in [0.15, 0.2) is 15.0 Å². The summed E-state index contributed by atoms with van der Waals surface area (Å²) in [6, 6.07) is 1.95. The smallest absolute Gasteiger partial charge is 0.241 e. The van der Waals surface area contributed by atoms with Crippen LogP contribution in [0.1, 0.15) is 37.2 Å². The average Bonchev–Trinajstić information content (AvgIpc) is 2.99. The molecule has 3 heterocycles. The van der Waals surface area contributed by atoms with Crippen LogP contribution in [-0.4, -0.2) is 28.1 Å². The van der Waals surface area contributed by atoms with Crippen molar-refractivity contribution in [1.82, 2.24) is 15.0 Å². The van der Waals surface area contributed by atoms with E-state index in [-0.39, 0.29) is 0 Å². The van der Waals surface area contributed by atoms with E-state index in [1.807, 2.05) is 19.9 Å². The van der Waals surface area contributed by atoms with E-state index in [0.717, 1.165) is 42.6 Å². The highest BCUT2D eigenvalue weighted by Gasteiger charge is 2.19. The molecule has 0 N–H and O–H groups in total. The molecule has 2 aromatic rings. The summed E-state index contributed by atoms with van der Waals surface area (Å²) in [5.41, 5.74) is 0.921. The monoisotopic (exact) mass is 275 g/mol. The summed E-state index contributed by atoms with van der Waals surface area (Å²) in [6.07, 6.45) is 2.50. The second kappa shape index (κ2) is 5.40. The maximum Gasteiger partial charge on any atom is 0.241 e. The quantitative estimate of drug-likeness (QED) is 0.861. The SMILES string of the molecule is Cc1cc(-c2noc(CN3CCC(C)CC3)n2)c(C)o1. The molecule has 108 valence electrons. The Morgan fingerprint density at radius 1 is 1.30 bits per heavy atom. The number of hydrogen-bond acceptors (Lipinski definition) is 5. The maximum atomic E-state index is 5.51. The normalized spacial score (nSPS) is 17.8. The fourth-order valence-corrected chi connectivity index (χ4v) is 2.69. The Balaban J connectivity index is 1.69. The molecule has 20 heavy (non-hydrogen) atoms. The number of piperidine rings is 1. The number of rotatable bonds is 3. The van der Waals surface area contributed by atoms with Gasteiger partial charge in [-0.15, -0.1) is 0 Å². The van der Waals surface area contributed by atoms with E-state index in [4.69, 9.17) is 8.94 Å². The maximum absolute atomic E-state index is 5.51. The Morgan fingerprint density at radius 2 is 2.05 bits per heavy atom. The molecule has 3 rings (SSSR count). The van der Waals surface area contributed by atoms with Gasteiger partial charge in [-0.3, -0.25) is 4.90 Å². The molecule has 0 atom stereocenters. The molecule has 0 aliphatic carbocycles. The zero-order chi connectivity index (χ0) is 14.1. The first-order valence-corrected chi connectivity index (χ1v) is 7.24. The van der Waals surface area contributed by atoms with Crippen molar-refractivity contribution >= 4 is 0 Å². The summed E-state index contributed by atoms with van der Waals surface area (Å²) in [5, 5.41) is 4.07. The van der Waals surface area contributed by atoms with E-state index in [1.165, 1.54) is 12.8 Å². The van der Waals surface area contributed by atoms with Gasteiger partial charge in [0.15, 0.2) is 0 Å². The van der Waals surface area contributed by atoms with Crippen molar-refractivity contribution in [3.05, 3.63) is 23.5 Å². The summed E-state index contributed by atoms with van der Waals surface area (Å²) < 4.78 is 10.9. The molecule has 0 aromatic carbocycles. The Bertz CT molecular complexity index is 580. The molecule has 1 aliphatic rings. The minimum atomic E-state index is 0.625. The standard InChI is InChI=1S/C15H21N3O2/c1-10-4-6-18(7-5-10)9-14-16-15(17-20-14)13-8-11(2)19-12(13)3/h8,10H,4-7,9H2,1-3H3. The van der Waals surface area contributed by atoms with Gasteiger partial charge in [0.25, 0.3) is 0 Å². The third-order valence-electron chi connectivity index (χ3n) is 3.99. The Hall–Kier alpha value is -1.62. The second-order valence-corrected chi connectivity index (χ2v) is 5.80. The number of aryl methyl sites for hydroxylation is 2. The zero-order valence-electron chi connectivity index (χ0n) is 12.3. The van der Waals surface area contributed by atoms with Gasteiger partial charge in [-0.05, 0) is 51.8 Å². The number of hydrogen-bond donors (Lipinski definition) is 0. The van der Waals surface area contributed by atoms with Crippen LogP contribution >= 0.6 is 0 Å². The van der Waals surface area contributed by atoms with E-state index in [0.29, 0.717) is 11.7 Å². The van der Waals surface area contributed by atoms with Crippen LogP contribution < -0.4 is 0 Å². The van der Waals surface area contributed by atoms with Gasteiger partial charge in [0, 0.05) is 0 Å². The number of aromatic nitrogens is 2. The van der Waals surface area contributed by atoms with Gasteiger partial charge in [0.2, 0.25) is 11.7 Å². The lowest BCUT2D eigenvalue weighted by Gasteiger charge is -2.28. The molecule has 0 spiro atoms. The molecule has 5 heteroatoms. The molecule has 0 bridgehead atoms. The number of furan rings is 1. The molecule has 1 aliphatic heterocycles. The van der Waals surface area contributed by atoms with Crippen LogP contribution in [0.3, 0.4) is 0 Å². The van der Waals surface area contributed by atoms with Crippen LogP contribution in [0.4, 0.5) is 0 Å². The van der Waals surface area contributed by atoms with Crippen molar-refractivity contribution in [2.24, 2.45) is 5.92 Å². The van der Waals surface area contributed by atoms with Crippen LogP contribution in [0.2, 0.25) is 0 Å². The largest absolute Gasteiger partial charge is 0.466 e. The molecule has 1 fully saturated rings. The first-order valence-electron chi connectivity index (χ1n) is 7.24. The molecule has 2 aromatic heterocycles. The highest BCUT2D eigenvalue weighted by Crippen LogP contribution is 2.24. The lowest BCUT2D eigenvalue weighted by Crippen LogP contribution is -2.32. The van der Waals surface area contributed by atoms with Gasteiger partial charge in [-0.2, -0.15) is 4.98 Å². The highest BCUT2D eigenvalue weighted by atomic mass is 16.5. The van der Waals surface area contributed by atoms with Gasteiger partial charge in [-0.1, -0.05) is 12.1 Å². The number of likely N-dealkylation sites (tertiary alicyclic amines) is 1. The van der Waals surface area contributed by atoms with Crippen molar-refractivity contribution < 1.29 is 8.94 Å². The summed E-state index contributed by atoms with van der Waals surface area (Å²) in [6.45, 7) is 9.13. The van der Waals surface area contributed by atoms with E-state index in [1.54, 1.807) is 0 Å². The first kappa shape index (κ1) is 13.4. The van der Waals surface area contributed by atoms with Crippen LogP contribution in [-0.2, 0) is 6.54 Å². The number of nitrogens with zero attached hydrogens (tertiary/aromatic N) is 3. The predicted molar refractivity (Wildman–Crippen MR) is 75.1 cm³/mol. The molecule has 5 nitrogen and oxygen atoms in total. The Morgan fingerprint density at radius 3 is 2.70 bits per heavy atom. The molecule has 0 radical (unpaired) electrons. The second-order valence-electron chi connectivity index (χ2n) is 5.80. The fourth-order valence-electron chi connectivity index (χ4n) is 2.69. The predicted octanol–water partition coefficient (Wildman–Crippen LogP) is 3.18. The molecule has 0 amide bonds. The van der Waals surface area contributed by atoms with E-state index in [2.05, 4.69) is 22.0 Å². The van der Waals surface area contributed by atoms with Crippen molar-refractivity contribution in [2.75, 3.05) is 13.1 Å². The third-order valence-corrected chi connectivity index (χ3v) is 3.99. The van der Waals surface area contributed by atoms with E-state index >= 15 is 0 Å². The topological polar surface area (TPSA) is 55.3 Å². The molecule has 1 saturated heterocycles. The summed E-state index contributed by atoms with van der Waals surface area (Å²) in [5.74, 6) is 3.85. The summed E-state index contributed by atoms with van der Waals surface area (Å²) >= 11 is 0. The lowest BCUT2D eigenvalue weighted by molar-refractivity contribution is 0.165. The van der Waals surface area contributed by atoms with Gasteiger partial charge in [-0.25, -0.2) is 0 Å². The summed E-state index contributed by atoms with van der Waals surface area (Å²) in [7, 11) is 0. The van der Waals surface area contributed by atoms with Crippen LogP contribution in [0, 0.1) is 19.8 Å². The Kier molecular flexibility index (Phi) is 3.61. The van der Waals surface area contributed by atoms with Crippen molar-refractivity contribution in [2.45, 2.75) is 40.2 Å². The molecular formula is C15H21N3O2. The van der Waals surface area contributed by atoms with Crippen molar-refractivity contribution in [3.63, 3.8) is 0 Å². The average molecular weight is 275 g/mol. The van der Waals surface area contributed by atoms with E-state index in [9.17, 15) is 0 Å².